The quantitative estimate of drug-likeness (QED) is 0.725. The second-order valence-electron chi connectivity index (χ2n) is 3.79. The summed E-state index contributed by atoms with van der Waals surface area (Å²) in [5.74, 6) is 0.744. The van der Waals surface area contributed by atoms with E-state index in [4.69, 9.17) is 0 Å². The van der Waals surface area contributed by atoms with E-state index in [-0.39, 0.29) is 0 Å². The van der Waals surface area contributed by atoms with Crippen LogP contribution in [0.25, 0.3) is 10.9 Å². The average molecular weight is 318 g/mol. The van der Waals surface area contributed by atoms with Gasteiger partial charge in [0.2, 0.25) is 0 Å². The molecular formula is C13H8BrN3S. The Morgan fingerprint density at radius 2 is 2.17 bits per heavy atom. The molecule has 3 aromatic rings. The Labute approximate surface area is 116 Å². The number of halogens is 1. The van der Waals surface area contributed by atoms with Gasteiger partial charge in [-0.25, -0.2) is 0 Å². The summed E-state index contributed by atoms with van der Waals surface area (Å²) in [6, 6.07) is 12.0. The molecule has 0 aliphatic carbocycles. The van der Waals surface area contributed by atoms with E-state index in [1.807, 2.05) is 35.7 Å². The summed E-state index contributed by atoms with van der Waals surface area (Å²) >= 11 is 5.00. The van der Waals surface area contributed by atoms with Crippen molar-refractivity contribution in [3.05, 3.63) is 45.7 Å². The van der Waals surface area contributed by atoms with Gasteiger partial charge in [0.1, 0.15) is 17.5 Å². The molecule has 1 aromatic carbocycles. The number of aromatic nitrogens is 1. The van der Waals surface area contributed by atoms with Gasteiger partial charge in [-0.2, -0.15) is 5.26 Å². The van der Waals surface area contributed by atoms with Crippen LogP contribution in [0.2, 0.25) is 0 Å². The van der Waals surface area contributed by atoms with E-state index >= 15 is 0 Å². The average Bonchev–Trinajstić information content (AvgIpc) is 2.92. The molecule has 0 fully saturated rings. The van der Waals surface area contributed by atoms with Gasteiger partial charge in [-0.05, 0) is 28.1 Å². The zero-order valence-electron chi connectivity index (χ0n) is 9.20. The first-order chi connectivity index (χ1) is 8.78. The first-order valence-corrected chi connectivity index (χ1v) is 6.97. The largest absolute Gasteiger partial charge is 0.340 e. The molecular weight excluding hydrogens is 310 g/mol. The maximum Gasteiger partial charge on any atom is 0.127 e. The van der Waals surface area contributed by atoms with Crippen LogP contribution in [0.1, 0.15) is 5.56 Å². The standard InChI is InChI=1S/C13H8BrN3S/c14-8-5-12(18-7-8)17-13-10(6-15)9-3-1-2-4-11(9)16-13/h1-5,7,16-17H. The van der Waals surface area contributed by atoms with Crippen molar-refractivity contribution >= 4 is 49.0 Å². The highest BCUT2D eigenvalue weighted by molar-refractivity contribution is 9.10. The molecule has 88 valence electrons. The molecule has 0 saturated heterocycles. The van der Waals surface area contributed by atoms with Crippen molar-refractivity contribution in [2.24, 2.45) is 0 Å². The lowest BCUT2D eigenvalue weighted by molar-refractivity contribution is 1.41. The van der Waals surface area contributed by atoms with Crippen molar-refractivity contribution in [3.8, 4) is 6.07 Å². The van der Waals surface area contributed by atoms with Crippen LogP contribution in [0, 0.1) is 11.3 Å². The molecule has 0 atom stereocenters. The van der Waals surface area contributed by atoms with Crippen LogP contribution < -0.4 is 5.32 Å². The Morgan fingerprint density at radius 3 is 2.89 bits per heavy atom. The van der Waals surface area contributed by atoms with Crippen molar-refractivity contribution in [1.29, 1.82) is 5.26 Å². The lowest BCUT2D eigenvalue weighted by Gasteiger charge is -1.99. The SMILES string of the molecule is N#Cc1c(Nc2cc(Br)cs2)[nH]c2ccccc12. The van der Waals surface area contributed by atoms with Crippen LogP contribution in [-0.4, -0.2) is 4.98 Å². The number of thiophene rings is 1. The number of nitriles is 1. The number of aromatic amines is 1. The number of rotatable bonds is 2. The number of fused-ring (bicyclic) bond motifs is 1. The van der Waals surface area contributed by atoms with Gasteiger partial charge in [0.25, 0.3) is 0 Å². The van der Waals surface area contributed by atoms with E-state index in [9.17, 15) is 5.26 Å². The van der Waals surface area contributed by atoms with Gasteiger partial charge in [-0.3, -0.25) is 0 Å². The fraction of sp³-hybridized carbons (Fsp3) is 0. The first-order valence-electron chi connectivity index (χ1n) is 5.30. The molecule has 2 heterocycles. The molecule has 0 radical (unpaired) electrons. The number of benzene rings is 1. The lowest BCUT2D eigenvalue weighted by atomic mass is 10.2. The second kappa shape index (κ2) is 4.48. The molecule has 3 rings (SSSR count). The molecule has 0 bridgehead atoms. The van der Waals surface area contributed by atoms with Crippen molar-refractivity contribution < 1.29 is 0 Å². The molecule has 0 amide bonds. The molecule has 5 heteroatoms. The Bertz CT molecular complexity index is 751. The third kappa shape index (κ3) is 1.90. The molecule has 0 aliphatic rings. The minimum absolute atomic E-state index is 0.648. The molecule has 0 saturated carbocycles. The number of nitrogens with zero attached hydrogens (tertiary/aromatic N) is 1. The van der Waals surface area contributed by atoms with Crippen LogP contribution in [0.4, 0.5) is 10.8 Å². The van der Waals surface area contributed by atoms with Gasteiger partial charge in [0, 0.05) is 20.8 Å². The lowest BCUT2D eigenvalue weighted by Crippen LogP contribution is -1.89. The Kier molecular flexibility index (Phi) is 2.82. The summed E-state index contributed by atoms with van der Waals surface area (Å²) in [6.07, 6.45) is 0. The highest BCUT2D eigenvalue weighted by Gasteiger charge is 2.11. The summed E-state index contributed by atoms with van der Waals surface area (Å²) in [7, 11) is 0. The maximum absolute atomic E-state index is 9.27. The zero-order chi connectivity index (χ0) is 12.5. The van der Waals surface area contributed by atoms with E-state index in [1.54, 1.807) is 11.3 Å². The molecule has 3 nitrogen and oxygen atoms in total. The minimum Gasteiger partial charge on any atom is -0.340 e. The highest BCUT2D eigenvalue weighted by Crippen LogP contribution is 2.31. The fourth-order valence-electron chi connectivity index (χ4n) is 1.85. The van der Waals surface area contributed by atoms with Crippen LogP contribution in [0.15, 0.2) is 40.2 Å². The summed E-state index contributed by atoms with van der Waals surface area (Å²) in [5.41, 5.74) is 1.61. The second-order valence-corrected chi connectivity index (χ2v) is 5.61. The van der Waals surface area contributed by atoms with Crippen LogP contribution in [0.3, 0.4) is 0 Å². The number of nitrogens with one attached hydrogen (secondary N) is 2. The number of para-hydroxylation sites is 1. The maximum atomic E-state index is 9.27. The van der Waals surface area contributed by atoms with Crippen LogP contribution in [-0.2, 0) is 0 Å². The Hall–Kier alpha value is -1.77. The topological polar surface area (TPSA) is 51.6 Å². The Balaban J connectivity index is 2.09. The number of H-pyrrole nitrogens is 1. The Morgan fingerprint density at radius 1 is 1.33 bits per heavy atom. The van der Waals surface area contributed by atoms with Crippen LogP contribution >= 0.6 is 27.3 Å². The number of hydrogen-bond donors (Lipinski definition) is 2. The highest BCUT2D eigenvalue weighted by atomic mass is 79.9. The van der Waals surface area contributed by atoms with Gasteiger partial charge in [-0.1, -0.05) is 18.2 Å². The van der Waals surface area contributed by atoms with E-state index in [0.717, 1.165) is 26.2 Å². The number of anilines is 2. The van der Waals surface area contributed by atoms with Gasteiger partial charge in [0.15, 0.2) is 0 Å². The smallest absolute Gasteiger partial charge is 0.127 e. The third-order valence-corrected chi connectivity index (χ3v) is 4.24. The molecule has 0 spiro atoms. The van der Waals surface area contributed by atoms with E-state index < -0.39 is 0 Å². The van der Waals surface area contributed by atoms with Gasteiger partial charge >= 0.3 is 0 Å². The van der Waals surface area contributed by atoms with E-state index in [0.29, 0.717) is 5.56 Å². The van der Waals surface area contributed by atoms with Crippen molar-refractivity contribution in [3.63, 3.8) is 0 Å². The predicted molar refractivity (Wildman–Crippen MR) is 78.3 cm³/mol. The normalized spacial score (nSPS) is 10.4. The van der Waals surface area contributed by atoms with Crippen molar-refractivity contribution in [1.82, 2.24) is 4.98 Å². The van der Waals surface area contributed by atoms with Crippen molar-refractivity contribution in [2.75, 3.05) is 5.32 Å². The third-order valence-electron chi connectivity index (χ3n) is 2.63. The summed E-state index contributed by atoms with van der Waals surface area (Å²) in [6.45, 7) is 0. The molecule has 2 N–H and O–H groups in total. The summed E-state index contributed by atoms with van der Waals surface area (Å²) < 4.78 is 1.03. The van der Waals surface area contributed by atoms with E-state index in [2.05, 4.69) is 32.3 Å². The van der Waals surface area contributed by atoms with Crippen LogP contribution in [0.5, 0.6) is 0 Å². The van der Waals surface area contributed by atoms with E-state index in [1.165, 1.54) is 0 Å². The van der Waals surface area contributed by atoms with Crippen molar-refractivity contribution in [2.45, 2.75) is 0 Å². The monoisotopic (exact) mass is 317 g/mol. The number of hydrogen-bond acceptors (Lipinski definition) is 3. The summed E-state index contributed by atoms with van der Waals surface area (Å²) in [4.78, 5) is 3.23. The fourth-order valence-corrected chi connectivity index (χ4v) is 3.18. The summed E-state index contributed by atoms with van der Waals surface area (Å²) in [5, 5.41) is 16.4. The van der Waals surface area contributed by atoms with Gasteiger partial charge in [-0.15, -0.1) is 11.3 Å². The minimum atomic E-state index is 0.648. The molecule has 0 aliphatic heterocycles. The molecule has 2 aromatic heterocycles. The molecule has 0 unspecified atom stereocenters. The van der Waals surface area contributed by atoms with Gasteiger partial charge in [0.05, 0.1) is 5.00 Å². The van der Waals surface area contributed by atoms with Gasteiger partial charge < -0.3 is 10.3 Å². The zero-order valence-corrected chi connectivity index (χ0v) is 11.6. The predicted octanol–water partition coefficient (Wildman–Crippen LogP) is 4.61. The molecule has 18 heavy (non-hydrogen) atoms. The first kappa shape index (κ1) is 11.3.